The number of halogens is 3. The van der Waals surface area contributed by atoms with Gasteiger partial charge in [0, 0.05) is 0 Å². The van der Waals surface area contributed by atoms with Crippen molar-refractivity contribution in [2.45, 2.75) is 5.51 Å². The molecule has 0 atom stereocenters. The van der Waals surface area contributed by atoms with E-state index in [-0.39, 0.29) is 0 Å². The average Bonchev–Trinajstić information content (AvgIpc) is 1.57. The first-order chi connectivity index (χ1) is 4.21. The SMILES string of the molecule is O=S(=O)(O)CSC(F)(F)F. The molecule has 0 aromatic heterocycles. The summed E-state index contributed by atoms with van der Waals surface area (Å²) in [6.07, 6.45) is 0. The molecule has 0 radical (unpaired) electrons. The van der Waals surface area contributed by atoms with Crippen LogP contribution in [0.15, 0.2) is 0 Å². The Bertz CT molecular complexity index is 192. The molecule has 0 saturated carbocycles. The fourth-order valence-corrected chi connectivity index (χ4v) is 1.27. The molecule has 10 heavy (non-hydrogen) atoms. The van der Waals surface area contributed by atoms with Crippen molar-refractivity contribution in [3.63, 3.8) is 0 Å². The Morgan fingerprint density at radius 1 is 1.40 bits per heavy atom. The highest BCUT2D eigenvalue weighted by atomic mass is 32.3. The van der Waals surface area contributed by atoms with Crippen LogP contribution in [0.2, 0.25) is 0 Å². The fraction of sp³-hybridized carbons (Fsp3) is 1.00. The maximum Gasteiger partial charge on any atom is 0.442 e. The maximum atomic E-state index is 11.2. The van der Waals surface area contributed by atoms with Crippen LogP contribution in [0.4, 0.5) is 13.2 Å². The highest BCUT2D eigenvalue weighted by Crippen LogP contribution is 2.30. The van der Waals surface area contributed by atoms with Crippen LogP contribution in [0.25, 0.3) is 0 Å². The first kappa shape index (κ1) is 10.0. The van der Waals surface area contributed by atoms with Crippen molar-refractivity contribution in [2.24, 2.45) is 0 Å². The molecular weight excluding hydrogens is 193 g/mol. The van der Waals surface area contributed by atoms with E-state index in [4.69, 9.17) is 4.55 Å². The minimum Gasteiger partial charge on any atom is -0.285 e. The molecule has 0 aliphatic rings. The molecule has 0 aliphatic carbocycles. The third-order valence-corrected chi connectivity index (χ3v) is 2.36. The van der Waals surface area contributed by atoms with Crippen LogP contribution in [0, 0.1) is 0 Å². The van der Waals surface area contributed by atoms with Gasteiger partial charge in [-0.1, -0.05) is 0 Å². The van der Waals surface area contributed by atoms with Crippen LogP contribution in [0.5, 0.6) is 0 Å². The Kier molecular flexibility index (Phi) is 2.99. The molecule has 0 aromatic carbocycles. The molecule has 0 amide bonds. The summed E-state index contributed by atoms with van der Waals surface area (Å²) < 4.78 is 60.8. The van der Waals surface area contributed by atoms with E-state index in [0.717, 1.165) is 0 Å². The Morgan fingerprint density at radius 2 is 1.80 bits per heavy atom. The molecule has 0 saturated heterocycles. The minimum atomic E-state index is -4.62. The average molecular weight is 196 g/mol. The second-order valence-electron chi connectivity index (χ2n) is 1.29. The molecule has 0 unspecified atom stereocenters. The van der Waals surface area contributed by atoms with Gasteiger partial charge in [0.15, 0.2) is 0 Å². The quantitative estimate of drug-likeness (QED) is 0.671. The topological polar surface area (TPSA) is 54.4 Å². The Morgan fingerprint density at radius 3 is 1.90 bits per heavy atom. The highest BCUT2D eigenvalue weighted by molar-refractivity contribution is 8.11. The summed E-state index contributed by atoms with van der Waals surface area (Å²) in [5, 5.41) is -1.35. The van der Waals surface area contributed by atoms with Crippen molar-refractivity contribution in [3.05, 3.63) is 0 Å². The number of alkyl halides is 3. The zero-order chi connectivity index (χ0) is 8.41. The van der Waals surface area contributed by atoms with E-state index in [1.807, 2.05) is 0 Å². The van der Waals surface area contributed by atoms with Gasteiger partial charge in [-0.05, 0) is 11.8 Å². The standard InChI is InChI=1S/C2H3F3O3S2/c3-2(4,5)9-1-10(6,7)8/h1H2,(H,6,7,8). The number of hydrogen-bond donors (Lipinski definition) is 1. The smallest absolute Gasteiger partial charge is 0.285 e. The summed E-state index contributed by atoms with van der Waals surface area (Å²) in [7, 11) is -4.51. The van der Waals surface area contributed by atoms with Crippen LogP contribution in [0.3, 0.4) is 0 Å². The molecule has 8 heteroatoms. The zero-order valence-corrected chi connectivity index (χ0v) is 6.05. The molecule has 0 heterocycles. The van der Waals surface area contributed by atoms with Gasteiger partial charge in [-0.15, -0.1) is 0 Å². The molecule has 0 spiro atoms. The predicted molar refractivity (Wildman–Crippen MR) is 30.1 cm³/mol. The van der Waals surface area contributed by atoms with E-state index in [0.29, 0.717) is 0 Å². The molecule has 1 N–H and O–H groups in total. The number of thioether (sulfide) groups is 1. The summed E-state index contributed by atoms with van der Waals surface area (Å²) in [5.74, 6) is 0. The van der Waals surface area contributed by atoms with Gasteiger partial charge in [-0.2, -0.15) is 21.6 Å². The lowest BCUT2D eigenvalue weighted by atomic mass is 11.6. The maximum absolute atomic E-state index is 11.2. The van der Waals surface area contributed by atoms with Gasteiger partial charge >= 0.3 is 5.51 Å². The van der Waals surface area contributed by atoms with Crippen molar-refractivity contribution in [2.75, 3.05) is 5.08 Å². The van der Waals surface area contributed by atoms with Gasteiger partial charge in [-0.25, -0.2) is 0 Å². The molecule has 0 bridgehead atoms. The summed E-state index contributed by atoms with van der Waals surface area (Å²) in [6, 6.07) is 0. The Hall–Kier alpha value is 0.0500. The second kappa shape index (κ2) is 2.97. The van der Waals surface area contributed by atoms with E-state index in [1.54, 1.807) is 0 Å². The summed E-state index contributed by atoms with van der Waals surface area (Å²) in [4.78, 5) is 0. The Labute approximate surface area is 59.4 Å². The lowest BCUT2D eigenvalue weighted by molar-refractivity contribution is -0.0325. The first-order valence-corrected chi connectivity index (χ1v) is 4.46. The molecule has 0 aliphatic heterocycles. The van der Waals surface area contributed by atoms with Crippen LogP contribution >= 0.6 is 11.8 Å². The molecule has 3 nitrogen and oxygen atoms in total. The third kappa shape index (κ3) is 8.05. The van der Waals surface area contributed by atoms with E-state index < -0.39 is 32.5 Å². The number of hydrogen-bond acceptors (Lipinski definition) is 3. The summed E-state index contributed by atoms with van der Waals surface area (Å²) >= 11 is -0.797. The van der Waals surface area contributed by atoms with E-state index in [1.165, 1.54) is 0 Å². The highest BCUT2D eigenvalue weighted by Gasteiger charge is 2.30. The van der Waals surface area contributed by atoms with Gasteiger partial charge in [0.2, 0.25) is 0 Å². The van der Waals surface area contributed by atoms with E-state index in [2.05, 4.69) is 0 Å². The lowest BCUT2D eigenvalue weighted by Gasteiger charge is -2.01. The van der Waals surface area contributed by atoms with Crippen molar-refractivity contribution >= 4 is 21.9 Å². The van der Waals surface area contributed by atoms with Crippen molar-refractivity contribution in [1.29, 1.82) is 0 Å². The van der Waals surface area contributed by atoms with Gasteiger partial charge in [0.05, 0.1) is 0 Å². The monoisotopic (exact) mass is 196 g/mol. The van der Waals surface area contributed by atoms with Crippen LogP contribution < -0.4 is 0 Å². The van der Waals surface area contributed by atoms with E-state index >= 15 is 0 Å². The third-order valence-electron chi connectivity index (χ3n) is 0.372. The second-order valence-corrected chi connectivity index (χ2v) is 4.15. The molecule has 0 rings (SSSR count). The summed E-state index contributed by atoms with van der Waals surface area (Å²) in [5.41, 5.74) is -4.62. The van der Waals surface area contributed by atoms with Crippen molar-refractivity contribution < 1.29 is 26.1 Å². The molecular formula is C2H3F3O3S2. The zero-order valence-electron chi connectivity index (χ0n) is 4.42. The fourth-order valence-electron chi connectivity index (χ4n) is 0.141. The Balaban J connectivity index is 3.79. The van der Waals surface area contributed by atoms with Crippen LogP contribution in [-0.2, 0) is 10.1 Å². The first-order valence-electron chi connectivity index (χ1n) is 1.86. The summed E-state index contributed by atoms with van der Waals surface area (Å²) in [6.45, 7) is 0. The molecule has 0 aromatic rings. The van der Waals surface area contributed by atoms with Gasteiger partial charge in [-0.3, -0.25) is 4.55 Å². The van der Waals surface area contributed by atoms with Gasteiger partial charge in [0.1, 0.15) is 5.08 Å². The van der Waals surface area contributed by atoms with Crippen molar-refractivity contribution in [1.82, 2.24) is 0 Å². The lowest BCUT2D eigenvalue weighted by Crippen LogP contribution is -2.08. The van der Waals surface area contributed by atoms with Gasteiger partial charge < -0.3 is 0 Å². The van der Waals surface area contributed by atoms with Crippen molar-refractivity contribution in [3.8, 4) is 0 Å². The van der Waals surface area contributed by atoms with Crippen LogP contribution in [-0.4, -0.2) is 23.6 Å². The number of rotatable bonds is 2. The van der Waals surface area contributed by atoms with Gasteiger partial charge in [0.25, 0.3) is 10.1 Å². The van der Waals surface area contributed by atoms with Crippen LogP contribution in [0.1, 0.15) is 0 Å². The molecule has 62 valence electrons. The predicted octanol–water partition coefficient (Wildman–Crippen LogP) is 1.08. The molecule has 0 fully saturated rings. The normalized spacial score (nSPS) is 13.6. The van der Waals surface area contributed by atoms with E-state index in [9.17, 15) is 21.6 Å². The largest absolute Gasteiger partial charge is 0.442 e. The minimum absolute atomic E-state index is 0.797.